The van der Waals surface area contributed by atoms with E-state index in [1.54, 1.807) is 11.3 Å². The topological polar surface area (TPSA) is 24.4 Å². The van der Waals surface area contributed by atoms with Crippen molar-refractivity contribution in [1.82, 2.24) is 0 Å². The molecule has 0 spiro atoms. The van der Waals surface area contributed by atoms with E-state index in [1.807, 2.05) is 36.5 Å². The van der Waals surface area contributed by atoms with E-state index in [-0.39, 0.29) is 0 Å². The Hall–Kier alpha value is -1.32. The fraction of sp³-hybridized carbons (Fsp3) is 0.0833. The molecule has 0 radical (unpaired) electrons. The Bertz CT molecular complexity index is 488. The van der Waals surface area contributed by atoms with Crippen LogP contribution in [0.5, 0.6) is 0 Å². The van der Waals surface area contributed by atoms with Crippen LogP contribution in [0.4, 0.5) is 5.69 Å². The van der Waals surface area contributed by atoms with Crippen molar-refractivity contribution in [3.05, 3.63) is 51.2 Å². The van der Waals surface area contributed by atoms with E-state index >= 15 is 0 Å². The minimum atomic E-state index is 0.725. The van der Waals surface area contributed by atoms with Crippen molar-refractivity contribution in [2.75, 3.05) is 5.43 Å². The standard InChI is InChI=1S/C12H11ClN2S/c1-9-2-7-12(16-9)8-14-15-11-5-3-10(13)4-6-11/h2-8,15H,1H3/b14-8-. The number of nitrogens with zero attached hydrogens (tertiary/aromatic N) is 1. The molecule has 0 saturated carbocycles. The molecule has 0 fully saturated rings. The van der Waals surface area contributed by atoms with Crippen molar-refractivity contribution in [3.8, 4) is 0 Å². The Morgan fingerprint density at radius 1 is 1.19 bits per heavy atom. The van der Waals surface area contributed by atoms with Crippen LogP contribution in [0.15, 0.2) is 41.5 Å². The van der Waals surface area contributed by atoms with Crippen LogP contribution in [0.1, 0.15) is 9.75 Å². The van der Waals surface area contributed by atoms with Crippen LogP contribution < -0.4 is 5.43 Å². The molecule has 0 aliphatic rings. The van der Waals surface area contributed by atoms with Gasteiger partial charge in [0.25, 0.3) is 0 Å². The van der Waals surface area contributed by atoms with Gasteiger partial charge < -0.3 is 0 Å². The summed E-state index contributed by atoms with van der Waals surface area (Å²) in [7, 11) is 0. The number of halogens is 1. The van der Waals surface area contributed by atoms with E-state index < -0.39 is 0 Å². The van der Waals surface area contributed by atoms with Gasteiger partial charge in [-0.25, -0.2) is 0 Å². The fourth-order valence-corrected chi connectivity index (χ4v) is 2.09. The second-order valence-corrected chi connectivity index (χ2v) is 5.08. The lowest BCUT2D eigenvalue weighted by Crippen LogP contribution is -1.88. The fourth-order valence-electron chi connectivity index (χ4n) is 1.22. The molecule has 1 aromatic heterocycles. The molecular weight excluding hydrogens is 240 g/mol. The molecule has 82 valence electrons. The summed E-state index contributed by atoms with van der Waals surface area (Å²) in [5.41, 5.74) is 3.87. The molecule has 1 heterocycles. The SMILES string of the molecule is Cc1ccc(/C=N\Nc2ccc(Cl)cc2)s1. The van der Waals surface area contributed by atoms with Crippen molar-refractivity contribution in [3.63, 3.8) is 0 Å². The summed E-state index contributed by atoms with van der Waals surface area (Å²) < 4.78 is 0. The number of thiophene rings is 1. The van der Waals surface area contributed by atoms with Gasteiger partial charge in [0.1, 0.15) is 0 Å². The minimum absolute atomic E-state index is 0.725. The first-order valence-corrected chi connectivity index (χ1v) is 6.04. The highest BCUT2D eigenvalue weighted by atomic mass is 35.5. The van der Waals surface area contributed by atoms with Crippen LogP contribution in [-0.4, -0.2) is 6.21 Å². The van der Waals surface area contributed by atoms with E-state index in [0.717, 1.165) is 15.6 Å². The normalized spacial score (nSPS) is 10.9. The molecule has 2 aromatic rings. The molecule has 16 heavy (non-hydrogen) atoms. The van der Waals surface area contributed by atoms with Crippen molar-refractivity contribution < 1.29 is 0 Å². The predicted molar refractivity (Wildman–Crippen MR) is 71.7 cm³/mol. The van der Waals surface area contributed by atoms with Crippen LogP contribution in [-0.2, 0) is 0 Å². The number of hydrazone groups is 1. The van der Waals surface area contributed by atoms with E-state index in [4.69, 9.17) is 11.6 Å². The number of hydrogen-bond acceptors (Lipinski definition) is 3. The molecule has 1 aromatic carbocycles. The molecule has 2 nitrogen and oxygen atoms in total. The lowest BCUT2D eigenvalue weighted by atomic mass is 10.3. The zero-order valence-corrected chi connectivity index (χ0v) is 10.3. The molecule has 0 aliphatic carbocycles. The minimum Gasteiger partial charge on any atom is -0.278 e. The van der Waals surface area contributed by atoms with E-state index in [0.29, 0.717) is 0 Å². The Kier molecular flexibility index (Phi) is 3.59. The molecule has 2 rings (SSSR count). The first kappa shape index (κ1) is 11.2. The lowest BCUT2D eigenvalue weighted by molar-refractivity contribution is 1.35. The summed E-state index contributed by atoms with van der Waals surface area (Å²) in [4.78, 5) is 2.42. The third kappa shape index (κ3) is 3.08. The summed E-state index contributed by atoms with van der Waals surface area (Å²) in [6.07, 6.45) is 1.81. The molecular formula is C12H11ClN2S. The summed E-state index contributed by atoms with van der Waals surface area (Å²) in [5, 5.41) is 4.87. The number of aryl methyl sites for hydroxylation is 1. The zero-order chi connectivity index (χ0) is 11.4. The Balaban J connectivity index is 1.97. The van der Waals surface area contributed by atoms with Crippen molar-refractivity contribution >= 4 is 34.8 Å². The third-order valence-corrected chi connectivity index (χ3v) is 3.18. The molecule has 1 N–H and O–H groups in total. The van der Waals surface area contributed by atoms with Gasteiger partial charge in [-0.2, -0.15) is 5.10 Å². The molecule has 0 amide bonds. The maximum atomic E-state index is 5.78. The molecule has 0 atom stereocenters. The van der Waals surface area contributed by atoms with Crippen LogP contribution in [0.25, 0.3) is 0 Å². The van der Waals surface area contributed by atoms with E-state index in [1.165, 1.54) is 4.88 Å². The predicted octanol–water partition coefficient (Wildman–Crippen LogP) is 4.16. The van der Waals surface area contributed by atoms with Crippen LogP contribution in [0, 0.1) is 6.92 Å². The Morgan fingerprint density at radius 3 is 2.56 bits per heavy atom. The first-order valence-electron chi connectivity index (χ1n) is 4.85. The van der Waals surface area contributed by atoms with Gasteiger partial charge in [0, 0.05) is 14.8 Å². The largest absolute Gasteiger partial charge is 0.278 e. The smallest absolute Gasteiger partial charge is 0.0644 e. The maximum absolute atomic E-state index is 5.78. The van der Waals surface area contributed by atoms with Gasteiger partial charge in [0.2, 0.25) is 0 Å². The highest BCUT2D eigenvalue weighted by Crippen LogP contribution is 2.14. The van der Waals surface area contributed by atoms with E-state index in [9.17, 15) is 0 Å². The summed E-state index contributed by atoms with van der Waals surface area (Å²) in [5.74, 6) is 0. The monoisotopic (exact) mass is 250 g/mol. The van der Waals surface area contributed by atoms with Crippen LogP contribution in [0.2, 0.25) is 5.02 Å². The van der Waals surface area contributed by atoms with Gasteiger partial charge >= 0.3 is 0 Å². The number of anilines is 1. The molecule has 0 saturated heterocycles. The summed E-state index contributed by atoms with van der Waals surface area (Å²) in [6.45, 7) is 2.08. The van der Waals surface area contributed by atoms with Gasteiger partial charge in [-0.15, -0.1) is 11.3 Å². The Labute approximate surface area is 104 Å². The van der Waals surface area contributed by atoms with Crippen molar-refractivity contribution in [1.29, 1.82) is 0 Å². The van der Waals surface area contributed by atoms with Gasteiger partial charge in [-0.3, -0.25) is 5.43 Å². The maximum Gasteiger partial charge on any atom is 0.0644 e. The molecule has 0 bridgehead atoms. The zero-order valence-electron chi connectivity index (χ0n) is 8.77. The second-order valence-electron chi connectivity index (χ2n) is 3.33. The first-order chi connectivity index (χ1) is 7.74. The highest BCUT2D eigenvalue weighted by Gasteiger charge is 1.92. The highest BCUT2D eigenvalue weighted by molar-refractivity contribution is 7.13. The lowest BCUT2D eigenvalue weighted by Gasteiger charge is -1.98. The van der Waals surface area contributed by atoms with Gasteiger partial charge in [0.15, 0.2) is 0 Å². The van der Waals surface area contributed by atoms with Crippen molar-refractivity contribution in [2.45, 2.75) is 6.92 Å². The quantitative estimate of drug-likeness (QED) is 0.642. The number of hydrogen-bond donors (Lipinski definition) is 1. The van der Waals surface area contributed by atoms with E-state index in [2.05, 4.69) is 23.5 Å². The molecule has 0 aliphatic heterocycles. The van der Waals surface area contributed by atoms with Gasteiger partial charge in [-0.05, 0) is 43.3 Å². The number of benzene rings is 1. The number of nitrogens with one attached hydrogen (secondary N) is 1. The molecule has 4 heteroatoms. The summed E-state index contributed by atoms with van der Waals surface area (Å²) >= 11 is 7.49. The average Bonchev–Trinajstić information content (AvgIpc) is 2.67. The van der Waals surface area contributed by atoms with Gasteiger partial charge in [0.05, 0.1) is 11.9 Å². The second kappa shape index (κ2) is 5.14. The van der Waals surface area contributed by atoms with Crippen LogP contribution in [0.3, 0.4) is 0 Å². The molecule has 0 unspecified atom stereocenters. The average molecular weight is 251 g/mol. The third-order valence-electron chi connectivity index (χ3n) is 1.99. The van der Waals surface area contributed by atoms with Crippen molar-refractivity contribution in [2.24, 2.45) is 5.10 Å². The number of rotatable bonds is 3. The Morgan fingerprint density at radius 2 is 1.94 bits per heavy atom. The van der Waals surface area contributed by atoms with Gasteiger partial charge in [-0.1, -0.05) is 11.6 Å². The van der Waals surface area contributed by atoms with Crippen LogP contribution >= 0.6 is 22.9 Å². The summed E-state index contributed by atoms with van der Waals surface area (Å²) in [6, 6.07) is 11.6.